The largest absolute Gasteiger partial charge is 0.310 e. The van der Waals surface area contributed by atoms with Gasteiger partial charge in [-0.1, -0.05) is 188 Å². The number of nitrogens with zero attached hydrogens (tertiary/aromatic N) is 1. The van der Waals surface area contributed by atoms with Gasteiger partial charge in [-0.05, 0) is 120 Å². The third kappa shape index (κ3) is 6.66. The normalized spacial score (nSPS) is 11.2. The number of fused-ring (bicyclic) bond motifs is 3. The van der Waals surface area contributed by atoms with Crippen LogP contribution in [0.3, 0.4) is 0 Å². The average Bonchev–Trinajstić information content (AvgIpc) is 3.30. The molecule has 268 valence electrons. The number of hydrogen-bond donors (Lipinski definition) is 0. The topological polar surface area (TPSA) is 3.24 Å². The van der Waals surface area contributed by atoms with E-state index >= 15 is 0 Å². The molecule has 1 heteroatoms. The van der Waals surface area contributed by atoms with Gasteiger partial charge in [0.1, 0.15) is 0 Å². The minimum atomic E-state index is 1.09. The van der Waals surface area contributed by atoms with Crippen LogP contribution in [-0.4, -0.2) is 0 Å². The predicted octanol–water partition coefficient (Wildman–Crippen LogP) is 15.8. The molecule has 0 saturated heterocycles. The van der Waals surface area contributed by atoms with Crippen LogP contribution < -0.4 is 4.90 Å². The monoisotopic (exact) mass is 725 g/mol. The van der Waals surface area contributed by atoms with Crippen molar-refractivity contribution in [2.24, 2.45) is 0 Å². The van der Waals surface area contributed by atoms with Gasteiger partial charge in [-0.15, -0.1) is 0 Å². The molecule has 0 bridgehead atoms. The Morgan fingerprint density at radius 1 is 0.228 bits per heavy atom. The maximum Gasteiger partial charge on any atom is 0.0540 e. The highest BCUT2D eigenvalue weighted by molar-refractivity contribution is 6.13. The first-order valence-electron chi connectivity index (χ1n) is 19.6. The van der Waals surface area contributed by atoms with Gasteiger partial charge in [0, 0.05) is 16.9 Å². The Morgan fingerprint density at radius 3 is 1.26 bits per heavy atom. The number of anilines is 3. The summed E-state index contributed by atoms with van der Waals surface area (Å²) in [6.07, 6.45) is 0. The van der Waals surface area contributed by atoms with Crippen molar-refractivity contribution in [3.8, 4) is 55.6 Å². The summed E-state index contributed by atoms with van der Waals surface area (Å²) < 4.78 is 0. The van der Waals surface area contributed by atoms with Gasteiger partial charge < -0.3 is 4.90 Å². The molecule has 0 spiro atoms. The van der Waals surface area contributed by atoms with E-state index in [4.69, 9.17) is 0 Å². The minimum absolute atomic E-state index is 1.09. The van der Waals surface area contributed by atoms with Gasteiger partial charge in [0.25, 0.3) is 0 Å². The smallest absolute Gasteiger partial charge is 0.0540 e. The second-order valence-electron chi connectivity index (χ2n) is 14.5. The van der Waals surface area contributed by atoms with Crippen LogP contribution in [0.4, 0.5) is 17.1 Å². The lowest BCUT2D eigenvalue weighted by Gasteiger charge is -2.29. The molecule has 0 aromatic heterocycles. The molecular formula is C56H39N. The molecule has 0 unspecified atom stereocenters. The van der Waals surface area contributed by atoms with Crippen molar-refractivity contribution in [1.29, 1.82) is 0 Å². The summed E-state index contributed by atoms with van der Waals surface area (Å²) in [7, 11) is 0. The molecule has 0 fully saturated rings. The first-order chi connectivity index (χ1) is 28.3. The average molecular weight is 726 g/mol. The van der Waals surface area contributed by atoms with E-state index in [-0.39, 0.29) is 0 Å². The number of hydrogen-bond acceptors (Lipinski definition) is 1. The van der Waals surface area contributed by atoms with E-state index in [1.807, 2.05) is 0 Å². The Balaban J connectivity index is 1.11. The minimum Gasteiger partial charge on any atom is -0.310 e. The highest BCUT2D eigenvalue weighted by atomic mass is 15.1. The van der Waals surface area contributed by atoms with E-state index in [9.17, 15) is 0 Å². The molecule has 0 atom stereocenters. The summed E-state index contributed by atoms with van der Waals surface area (Å²) >= 11 is 0. The van der Waals surface area contributed by atoms with Crippen molar-refractivity contribution < 1.29 is 0 Å². The Bertz CT molecular complexity index is 2970. The summed E-state index contributed by atoms with van der Waals surface area (Å²) in [6, 6.07) is 85.6. The first-order valence-corrected chi connectivity index (χ1v) is 19.6. The molecule has 0 radical (unpaired) electrons. The second kappa shape index (κ2) is 15.0. The molecule has 10 aromatic carbocycles. The zero-order chi connectivity index (χ0) is 38.0. The summed E-state index contributed by atoms with van der Waals surface area (Å²) in [5, 5.41) is 5.06. The molecule has 0 aliphatic carbocycles. The van der Waals surface area contributed by atoms with Crippen LogP contribution in [0.25, 0.3) is 77.2 Å². The van der Waals surface area contributed by atoms with Crippen LogP contribution in [0.1, 0.15) is 0 Å². The number of rotatable bonds is 8. The molecule has 0 aliphatic heterocycles. The maximum absolute atomic E-state index is 2.41. The lowest BCUT2D eigenvalue weighted by Crippen LogP contribution is -2.11. The fourth-order valence-electron chi connectivity index (χ4n) is 8.21. The zero-order valence-electron chi connectivity index (χ0n) is 31.5. The molecule has 0 N–H and O–H groups in total. The van der Waals surface area contributed by atoms with E-state index in [1.54, 1.807) is 0 Å². The predicted molar refractivity (Wildman–Crippen MR) is 243 cm³/mol. The highest BCUT2D eigenvalue weighted by Crippen LogP contribution is 2.44. The van der Waals surface area contributed by atoms with E-state index < -0.39 is 0 Å². The van der Waals surface area contributed by atoms with E-state index in [0.717, 1.165) is 17.1 Å². The van der Waals surface area contributed by atoms with E-state index in [1.165, 1.54) is 77.2 Å². The molecule has 0 heterocycles. The summed E-state index contributed by atoms with van der Waals surface area (Å²) in [4.78, 5) is 2.41. The molecule has 0 saturated carbocycles. The highest BCUT2D eigenvalue weighted by Gasteiger charge is 2.19. The standard InChI is InChI=1S/C56H39N/c1-4-15-40(16-5-1)45-22-14-23-46(37-45)42-27-32-49(33-28-42)57(56-36-31-47(41-17-6-2-7-18-41)38-55(56)43-19-8-3-9-20-43)50-34-29-44(30-35-50)54-39-48-21-10-11-24-51(48)52-25-12-13-26-53(52)54/h1-39H. The van der Waals surface area contributed by atoms with Crippen molar-refractivity contribution in [3.05, 3.63) is 237 Å². The SMILES string of the molecule is c1ccc(-c2cccc(-c3ccc(N(c4ccc(-c5cc6ccccc6c6ccccc56)cc4)c4ccc(-c5ccccc5)cc4-c4ccccc4)cc3)c2)cc1. The van der Waals surface area contributed by atoms with Gasteiger partial charge in [0.15, 0.2) is 0 Å². The third-order valence-corrected chi connectivity index (χ3v) is 11.1. The summed E-state index contributed by atoms with van der Waals surface area (Å²) in [6.45, 7) is 0. The van der Waals surface area contributed by atoms with Crippen LogP contribution in [-0.2, 0) is 0 Å². The van der Waals surface area contributed by atoms with Crippen molar-refractivity contribution in [2.45, 2.75) is 0 Å². The molecular weight excluding hydrogens is 687 g/mol. The Hall–Kier alpha value is -7.48. The number of benzene rings is 10. The zero-order valence-corrected chi connectivity index (χ0v) is 31.5. The lowest BCUT2D eigenvalue weighted by atomic mass is 9.93. The first kappa shape index (κ1) is 34.0. The van der Waals surface area contributed by atoms with Gasteiger partial charge in [0.2, 0.25) is 0 Å². The molecule has 1 nitrogen and oxygen atoms in total. The van der Waals surface area contributed by atoms with Gasteiger partial charge >= 0.3 is 0 Å². The molecule has 0 amide bonds. The van der Waals surface area contributed by atoms with Crippen LogP contribution >= 0.6 is 0 Å². The molecule has 0 aliphatic rings. The van der Waals surface area contributed by atoms with Gasteiger partial charge in [-0.2, -0.15) is 0 Å². The Labute approximate surface area is 334 Å². The summed E-state index contributed by atoms with van der Waals surface area (Å²) in [5.74, 6) is 0. The van der Waals surface area contributed by atoms with Gasteiger partial charge in [-0.25, -0.2) is 0 Å². The fraction of sp³-hybridized carbons (Fsp3) is 0. The van der Waals surface area contributed by atoms with Gasteiger partial charge in [-0.3, -0.25) is 0 Å². The quantitative estimate of drug-likeness (QED) is 0.141. The fourth-order valence-corrected chi connectivity index (χ4v) is 8.21. The molecule has 10 rings (SSSR count). The van der Waals surface area contributed by atoms with Gasteiger partial charge in [0.05, 0.1) is 5.69 Å². The van der Waals surface area contributed by atoms with Crippen LogP contribution in [0.2, 0.25) is 0 Å². The second-order valence-corrected chi connectivity index (χ2v) is 14.5. The third-order valence-electron chi connectivity index (χ3n) is 11.1. The van der Waals surface area contributed by atoms with E-state index in [0.29, 0.717) is 0 Å². The van der Waals surface area contributed by atoms with E-state index in [2.05, 4.69) is 241 Å². The Morgan fingerprint density at radius 2 is 0.649 bits per heavy atom. The van der Waals surface area contributed by atoms with Crippen molar-refractivity contribution in [1.82, 2.24) is 0 Å². The maximum atomic E-state index is 2.41. The van der Waals surface area contributed by atoms with Crippen LogP contribution in [0, 0.1) is 0 Å². The van der Waals surface area contributed by atoms with Crippen LogP contribution in [0.15, 0.2) is 237 Å². The molecule has 10 aromatic rings. The summed E-state index contributed by atoms with van der Waals surface area (Å²) in [5.41, 5.74) is 15.2. The van der Waals surface area contributed by atoms with Crippen molar-refractivity contribution >= 4 is 38.6 Å². The molecule has 57 heavy (non-hydrogen) atoms. The van der Waals surface area contributed by atoms with Crippen molar-refractivity contribution in [2.75, 3.05) is 4.90 Å². The lowest BCUT2D eigenvalue weighted by molar-refractivity contribution is 1.28. The Kier molecular flexibility index (Phi) is 8.95. The van der Waals surface area contributed by atoms with Crippen molar-refractivity contribution in [3.63, 3.8) is 0 Å². The van der Waals surface area contributed by atoms with Crippen LogP contribution in [0.5, 0.6) is 0 Å².